The van der Waals surface area contributed by atoms with Gasteiger partial charge in [-0.2, -0.15) is 13.2 Å². The van der Waals surface area contributed by atoms with Crippen LogP contribution >= 0.6 is 0 Å². The zero-order valence-corrected chi connectivity index (χ0v) is 10.1. The van der Waals surface area contributed by atoms with E-state index in [9.17, 15) is 13.2 Å². The second-order valence-corrected chi connectivity index (χ2v) is 4.40. The third kappa shape index (κ3) is 3.91. The van der Waals surface area contributed by atoms with Gasteiger partial charge in [-0.3, -0.25) is 0 Å². The highest BCUT2D eigenvalue weighted by Crippen LogP contribution is 2.30. The van der Waals surface area contributed by atoms with Crippen LogP contribution in [0.4, 0.5) is 13.2 Å². The lowest BCUT2D eigenvalue weighted by Crippen LogP contribution is -2.04. The minimum absolute atomic E-state index is 0.504. The second-order valence-electron chi connectivity index (χ2n) is 4.40. The molecule has 0 bridgehead atoms. The topological polar surface area (TPSA) is 0 Å². The standard InChI is InChI=1S/C14H17F3/c1-4-10(2)9-11(3)12-5-7-13(8-6-12)14(15,16)17/h5-8,10H,3-4,9H2,1-2H3. The van der Waals surface area contributed by atoms with Crippen LogP contribution in [0.15, 0.2) is 30.8 Å². The molecule has 1 aromatic rings. The van der Waals surface area contributed by atoms with Crippen LogP contribution in [0.25, 0.3) is 5.57 Å². The molecule has 0 nitrogen and oxygen atoms in total. The first-order chi connectivity index (χ1) is 7.84. The summed E-state index contributed by atoms with van der Waals surface area (Å²) in [5, 5.41) is 0. The van der Waals surface area contributed by atoms with E-state index in [4.69, 9.17) is 0 Å². The minimum atomic E-state index is -4.27. The van der Waals surface area contributed by atoms with Crippen molar-refractivity contribution in [3.05, 3.63) is 42.0 Å². The molecule has 1 unspecified atom stereocenters. The molecular weight excluding hydrogens is 225 g/mol. The van der Waals surface area contributed by atoms with Gasteiger partial charge in [0.1, 0.15) is 0 Å². The van der Waals surface area contributed by atoms with Crippen molar-refractivity contribution in [3.8, 4) is 0 Å². The van der Waals surface area contributed by atoms with Gasteiger partial charge in [-0.1, -0.05) is 39.0 Å². The zero-order valence-electron chi connectivity index (χ0n) is 10.1. The molecule has 0 heterocycles. The molecule has 3 heteroatoms. The Kier molecular flexibility index (Phi) is 4.38. The third-order valence-corrected chi connectivity index (χ3v) is 2.91. The van der Waals surface area contributed by atoms with Crippen molar-refractivity contribution >= 4 is 5.57 Å². The molecule has 1 rings (SSSR count). The Hall–Kier alpha value is -1.25. The van der Waals surface area contributed by atoms with Crippen molar-refractivity contribution in [3.63, 3.8) is 0 Å². The van der Waals surface area contributed by atoms with Crippen LogP contribution in [0.2, 0.25) is 0 Å². The normalized spacial score (nSPS) is 13.5. The van der Waals surface area contributed by atoms with E-state index in [2.05, 4.69) is 20.4 Å². The Labute approximate surface area is 100 Å². The maximum absolute atomic E-state index is 12.4. The molecule has 0 aliphatic rings. The Balaban J connectivity index is 2.78. The predicted octanol–water partition coefficient (Wildman–Crippen LogP) is 5.15. The largest absolute Gasteiger partial charge is 0.416 e. The Morgan fingerprint density at radius 1 is 1.24 bits per heavy atom. The number of alkyl halides is 3. The van der Waals surface area contributed by atoms with Gasteiger partial charge in [-0.25, -0.2) is 0 Å². The fourth-order valence-electron chi connectivity index (χ4n) is 1.58. The van der Waals surface area contributed by atoms with E-state index in [-0.39, 0.29) is 0 Å². The molecule has 1 atom stereocenters. The van der Waals surface area contributed by atoms with E-state index in [0.717, 1.165) is 36.1 Å². The van der Waals surface area contributed by atoms with Gasteiger partial charge in [0, 0.05) is 0 Å². The number of hydrogen-bond donors (Lipinski definition) is 0. The Morgan fingerprint density at radius 3 is 2.18 bits per heavy atom. The highest BCUT2D eigenvalue weighted by molar-refractivity contribution is 5.63. The summed E-state index contributed by atoms with van der Waals surface area (Å²) in [6.45, 7) is 8.12. The maximum atomic E-state index is 12.4. The molecule has 0 aliphatic heterocycles. The van der Waals surface area contributed by atoms with Gasteiger partial charge < -0.3 is 0 Å². The van der Waals surface area contributed by atoms with Crippen LogP contribution in [-0.2, 0) is 6.18 Å². The van der Waals surface area contributed by atoms with Crippen LogP contribution in [0.1, 0.15) is 37.8 Å². The fourth-order valence-corrected chi connectivity index (χ4v) is 1.58. The van der Waals surface area contributed by atoms with Crippen molar-refractivity contribution in [2.24, 2.45) is 5.92 Å². The van der Waals surface area contributed by atoms with Crippen LogP contribution in [0.3, 0.4) is 0 Å². The molecular formula is C14H17F3. The highest BCUT2D eigenvalue weighted by Gasteiger charge is 2.29. The van der Waals surface area contributed by atoms with E-state index in [1.165, 1.54) is 12.1 Å². The molecule has 94 valence electrons. The predicted molar refractivity (Wildman–Crippen MR) is 64.6 cm³/mol. The Morgan fingerprint density at radius 2 is 1.76 bits per heavy atom. The average molecular weight is 242 g/mol. The fraction of sp³-hybridized carbons (Fsp3) is 0.429. The van der Waals surface area contributed by atoms with Gasteiger partial charge in [0.2, 0.25) is 0 Å². The quantitative estimate of drug-likeness (QED) is 0.684. The number of benzene rings is 1. The smallest absolute Gasteiger partial charge is 0.166 e. The molecule has 0 aromatic heterocycles. The lowest BCUT2D eigenvalue weighted by atomic mass is 9.94. The molecule has 0 amide bonds. The summed E-state index contributed by atoms with van der Waals surface area (Å²) in [5.41, 5.74) is 1.07. The molecule has 0 N–H and O–H groups in total. The van der Waals surface area contributed by atoms with Crippen molar-refractivity contribution in [1.29, 1.82) is 0 Å². The van der Waals surface area contributed by atoms with Crippen LogP contribution in [-0.4, -0.2) is 0 Å². The summed E-state index contributed by atoms with van der Waals surface area (Å²) in [6, 6.07) is 5.20. The van der Waals surface area contributed by atoms with E-state index in [1.807, 2.05) is 0 Å². The number of halogens is 3. The van der Waals surface area contributed by atoms with E-state index in [0.29, 0.717) is 5.92 Å². The average Bonchev–Trinajstić information content (AvgIpc) is 2.27. The van der Waals surface area contributed by atoms with Gasteiger partial charge in [0.25, 0.3) is 0 Å². The molecule has 0 radical (unpaired) electrons. The van der Waals surface area contributed by atoms with Crippen molar-refractivity contribution in [2.45, 2.75) is 32.9 Å². The molecule has 0 fully saturated rings. The molecule has 1 aromatic carbocycles. The van der Waals surface area contributed by atoms with Gasteiger partial charge in [-0.05, 0) is 35.6 Å². The third-order valence-electron chi connectivity index (χ3n) is 2.91. The molecule has 0 aliphatic carbocycles. The highest BCUT2D eigenvalue weighted by atomic mass is 19.4. The summed E-state index contributed by atoms with van der Waals surface area (Å²) in [4.78, 5) is 0. The first-order valence-corrected chi connectivity index (χ1v) is 5.70. The molecule has 0 spiro atoms. The van der Waals surface area contributed by atoms with Crippen LogP contribution < -0.4 is 0 Å². The van der Waals surface area contributed by atoms with Gasteiger partial charge in [0.15, 0.2) is 0 Å². The van der Waals surface area contributed by atoms with Crippen molar-refractivity contribution in [1.82, 2.24) is 0 Å². The summed E-state index contributed by atoms with van der Waals surface area (Å²) in [7, 11) is 0. The summed E-state index contributed by atoms with van der Waals surface area (Å²) < 4.78 is 37.1. The first kappa shape index (κ1) is 13.8. The van der Waals surface area contributed by atoms with Crippen molar-refractivity contribution < 1.29 is 13.2 Å². The first-order valence-electron chi connectivity index (χ1n) is 5.70. The maximum Gasteiger partial charge on any atom is 0.416 e. The van der Waals surface area contributed by atoms with Gasteiger partial charge in [0.05, 0.1) is 5.56 Å². The van der Waals surface area contributed by atoms with Gasteiger partial charge >= 0.3 is 6.18 Å². The lowest BCUT2D eigenvalue weighted by Gasteiger charge is -2.12. The molecule has 17 heavy (non-hydrogen) atoms. The monoisotopic (exact) mass is 242 g/mol. The molecule has 0 saturated heterocycles. The second kappa shape index (κ2) is 5.39. The number of allylic oxidation sites excluding steroid dienone is 1. The van der Waals surface area contributed by atoms with Crippen LogP contribution in [0, 0.1) is 5.92 Å². The summed E-state index contributed by atoms with van der Waals surface area (Å²) >= 11 is 0. The Bertz CT molecular complexity index is 373. The van der Waals surface area contributed by atoms with E-state index in [1.54, 1.807) is 0 Å². The van der Waals surface area contributed by atoms with Crippen LogP contribution in [0.5, 0.6) is 0 Å². The summed E-state index contributed by atoms with van der Waals surface area (Å²) in [6.07, 6.45) is -2.40. The van der Waals surface area contributed by atoms with E-state index < -0.39 is 11.7 Å². The van der Waals surface area contributed by atoms with Gasteiger partial charge in [-0.15, -0.1) is 0 Å². The van der Waals surface area contributed by atoms with Crippen molar-refractivity contribution in [2.75, 3.05) is 0 Å². The molecule has 0 saturated carbocycles. The minimum Gasteiger partial charge on any atom is -0.166 e. The lowest BCUT2D eigenvalue weighted by molar-refractivity contribution is -0.137. The number of hydrogen-bond acceptors (Lipinski definition) is 0. The number of rotatable bonds is 4. The zero-order chi connectivity index (χ0) is 13.1. The SMILES string of the molecule is C=C(CC(C)CC)c1ccc(C(F)(F)F)cc1. The van der Waals surface area contributed by atoms with E-state index >= 15 is 0 Å². The summed E-state index contributed by atoms with van der Waals surface area (Å²) in [5.74, 6) is 0.504.